The summed E-state index contributed by atoms with van der Waals surface area (Å²) in [5.74, 6) is 0.218. The molecule has 23 heavy (non-hydrogen) atoms. The Morgan fingerprint density at radius 1 is 1.30 bits per heavy atom. The summed E-state index contributed by atoms with van der Waals surface area (Å²) in [4.78, 5) is 9.97. The van der Waals surface area contributed by atoms with Crippen LogP contribution in [0.5, 0.6) is 0 Å². The fraction of sp³-hybridized carbons (Fsp3) is 0.308. The van der Waals surface area contributed by atoms with Gasteiger partial charge in [-0.3, -0.25) is 19.5 Å². The molecule has 10 heteroatoms. The number of non-ortho nitro benzene ring substituents is 1. The monoisotopic (exact) mass is 337 g/mol. The highest BCUT2D eigenvalue weighted by molar-refractivity contribution is 7.92. The maximum absolute atomic E-state index is 12.3. The molecule has 1 aliphatic heterocycles. The van der Waals surface area contributed by atoms with Gasteiger partial charge in [-0.25, -0.2) is 8.42 Å². The van der Waals surface area contributed by atoms with E-state index < -0.39 is 14.9 Å². The fourth-order valence-corrected chi connectivity index (χ4v) is 3.40. The lowest BCUT2D eigenvalue weighted by Crippen LogP contribution is -2.16. The van der Waals surface area contributed by atoms with Crippen LogP contribution in [-0.4, -0.2) is 36.2 Å². The highest BCUT2D eigenvalue weighted by Crippen LogP contribution is 2.20. The third-order valence-corrected chi connectivity index (χ3v) is 4.98. The lowest BCUT2D eigenvalue weighted by atomic mass is 10.3. The van der Waals surface area contributed by atoms with E-state index >= 15 is 0 Å². The number of anilines is 1. The third-order valence-electron chi connectivity index (χ3n) is 3.61. The fourth-order valence-electron chi connectivity index (χ4n) is 2.40. The van der Waals surface area contributed by atoms with Crippen molar-refractivity contribution in [3.05, 3.63) is 46.6 Å². The maximum Gasteiger partial charge on any atom is 0.269 e. The second kappa shape index (κ2) is 5.97. The Balaban J connectivity index is 1.76. The lowest BCUT2D eigenvalue weighted by Gasteiger charge is -2.08. The molecule has 1 atom stereocenters. The Bertz CT molecular complexity index is 809. The van der Waals surface area contributed by atoms with E-state index in [1.165, 1.54) is 12.1 Å². The van der Waals surface area contributed by atoms with Gasteiger partial charge < -0.3 is 5.32 Å². The Hall–Kier alpha value is -2.46. The minimum Gasteiger partial charge on any atom is -0.315 e. The summed E-state index contributed by atoms with van der Waals surface area (Å²) in [6.07, 6.45) is 2.67. The first-order valence-corrected chi connectivity index (χ1v) is 8.47. The summed E-state index contributed by atoms with van der Waals surface area (Å²) in [5.41, 5.74) is -0.165. The molecule has 0 aliphatic carbocycles. The van der Waals surface area contributed by atoms with E-state index in [4.69, 9.17) is 0 Å². The van der Waals surface area contributed by atoms with Gasteiger partial charge in [0.25, 0.3) is 15.7 Å². The largest absolute Gasteiger partial charge is 0.315 e. The number of nitrogens with zero attached hydrogens (tertiary/aromatic N) is 3. The molecule has 2 heterocycles. The Kier molecular flexibility index (Phi) is 4.01. The van der Waals surface area contributed by atoms with Gasteiger partial charge >= 0.3 is 0 Å². The van der Waals surface area contributed by atoms with Crippen LogP contribution in [0.4, 0.5) is 11.5 Å². The van der Waals surface area contributed by atoms with E-state index in [9.17, 15) is 18.5 Å². The molecule has 2 aromatic rings. The molecule has 0 spiro atoms. The number of sulfonamides is 1. The van der Waals surface area contributed by atoms with Crippen LogP contribution in [-0.2, 0) is 10.0 Å². The molecule has 1 aromatic carbocycles. The molecule has 2 N–H and O–H groups in total. The molecular formula is C13H15N5O4S. The van der Waals surface area contributed by atoms with Gasteiger partial charge in [0.15, 0.2) is 5.82 Å². The van der Waals surface area contributed by atoms with E-state index in [2.05, 4.69) is 15.1 Å². The van der Waals surface area contributed by atoms with Crippen molar-refractivity contribution >= 4 is 21.5 Å². The van der Waals surface area contributed by atoms with E-state index in [0.717, 1.165) is 31.6 Å². The standard InChI is InChI=1S/C13H15N5O4S/c19-18(20)10-1-3-12(4-2-10)23(21,22)16-13-6-8-17(15-13)11-5-7-14-9-11/h1-4,6,8,11,14H,5,7,9H2,(H,15,16). The number of nitrogens with one attached hydrogen (secondary N) is 2. The zero-order chi connectivity index (χ0) is 16.4. The zero-order valence-electron chi connectivity index (χ0n) is 12.0. The Labute approximate surface area is 132 Å². The van der Waals surface area contributed by atoms with E-state index in [0.29, 0.717) is 0 Å². The summed E-state index contributed by atoms with van der Waals surface area (Å²) in [6.45, 7) is 1.71. The number of hydrogen-bond donors (Lipinski definition) is 2. The molecule has 1 aromatic heterocycles. The highest BCUT2D eigenvalue weighted by atomic mass is 32.2. The molecule has 3 rings (SSSR count). The smallest absolute Gasteiger partial charge is 0.269 e. The molecule has 0 radical (unpaired) electrons. The number of hydrogen-bond acceptors (Lipinski definition) is 6. The number of benzene rings is 1. The Morgan fingerprint density at radius 2 is 2.04 bits per heavy atom. The second-order valence-electron chi connectivity index (χ2n) is 5.18. The van der Waals surface area contributed by atoms with Crippen LogP contribution >= 0.6 is 0 Å². The first kappa shape index (κ1) is 15.4. The van der Waals surface area contributed by atoms with E-state index in [-0.39, 0.29) is 22.4 Å². The van der Waals surface area contributed by atoms with Crippen LogP contribution in [0.1, 0.15) is 12.5 Å². The van der Waals surface area contributed by atoms with Crippen LogP contribution in [0, 0.1) is 10.1 Å². The maximum atomic E-state index is 12.3. The highest BCUT2D eigenvalue weighted by Gasteiger charge is 2.20. The quantitative estimate of drug-likeness (QED) is 0.623. The van der Waals surface area contributed by atoms with Gasteiger partial charge in [0.05, 0.1) is 15.9 Å². The summed E-state index contributed by atoms with van der Waals surface area (Å²) < 4.78 is 28.6. The van der Waals surface area contributed by atoms with Gasteiger partial charge in [0, 0.05) is 30.9 Å². The lowest BCUT2D eigenvalue weighted by molar-refractivity contribution is -0.384. The molecule has 1 unspecified atom stereocenters. The van der Waals surface area contributed by atoms with Gasteiger partial charge in [-0.2, -0.15) is 5.10 Å². The van der Waals surface area contributed by atoms with Crippen molar-refractivity contribution in [1.82, 2.24) is 15.1 Å². The molecular weight excluding hydrogens is 322 g/mol. The molecule has 1 fully saturated rings. The van der Waals surface area contributed by atoms with Gasteiger partial charge in [-0.1, -0.05) is 0 Å². The van der Waals surface area contributed by atoms with Crippen molar-refractivity contribution in [3.8, 4) is 0 Å². The van der Waals surface area contributed by atoms with Gasteiger partial charge in [-0.05, 0) is 25.1 Å². The number of nitro benzene ring substituents is 1. The van der Waals surface area contributed by atoms with Gasteiger partial charge in [-0.15, -0.1) is 0 Å². The second-order valence-corrected chi connectivity index (χ2v) is 6.87. The molecule has 9 nitrogen and oxygen atoms in total. The normalized spacial score (nSPS) is 18.0. The first-order valence-electron chi connectivity index (χ1n) is 6.99. The van der Waals surface area contributed by atoms with Crippen molar-refractivity contribution in [2.75, 3.05) is 17.8 Å². The molecule has 122 valence electrons. The van der Waals surface area contributed by atoms with Gasteiger partial charge in [0.1, 0.15) is 0 Å². The average molecular weight is 337 g/mol. The van der Waals surface area contributed by atoms with Crippen LogP contribution in [0.2, 0.25) is 0 Å². The van der Waals surface area contributed by atoms with Crippen molar-refractivity contribution < 1.29 is 13.3 Å². The number of nitro groups is 1. The summed E-state index contributed by atoms with van der Waals surface area (Å²) in [6, 6.07) is 6.49. The molecule has 0 saturated carbocycles. The summed E-state index contributed by atoms with van der Waals surface area (Å²) in [5, 5.41) is 18.0. The van der Waals surface area contributed by atoms with Gasteiger partial charge in [0.2, 0.25) is 0 Å². The first-order chi connectivity index (χ1) is 11.0. The Morgan fingerprint density at radius 3 is 2.65 bits per heavy atom. The molecule has 0 bridgehead atoms. The number of aromatic nitrogens is 2. The average Bonchev–Trinajstić information content (AvgIpc) is 3.18. The topological polar surface area (TPSA) is 119 Å². The SMILES string of the molecule is O=[N+]([O-])c1ccc(S(=O)(=O)Nc2ccn(C3CCNC3)n2)cc1. The van der Waals surface area contributed by atoms with Crippen molar-refractivity contribution in [3.63, 3.8) is 0 Å². The predicted octanol–water partition coefficient (Wildman–Crippen LogP) is 1.13. The van der Waals surface area contributed by atoms with E-state index in [1.807, 2.05) is 0 Å². The van der Waals surface area contributed by atoms with Crippen molar-refractivity contribution in [2.24, 2.45) is 0 Å². The minimum atomic E-state index is -3.83. The summed E-state index contributed by atoms with van der Waals surface area (Å²) in [7, 11) is -3.83. The predicted molar refractivity (Wildman–Crippen MR) is 82.7 cm³/mol. The molecule has 1 saturated heterocycles. The minimum absolute atomic E-state index is 0.0554. The van der Waals surface area contributed by atoms with Crippen LogP contribution in [0.3, 0.4) is 0 Å². The molecule has 1 aliphatic rings. The number of rotatable bonds is 5. The molecule has 0 amide bonds. The third kappa shape index (κ3) is 3.32. The van der Waals surface area contributed by atoms with Crippen molar-refractivity contribution in [1.29, 1.82) is 0 Å². The van der Waals surface area contributed by atoms with Crippen LogP contribution in [0.15, 0.2) is 41.4 Å². The zero-order valence-corrected chi connectivity index (χ0v) is 12.9. The van der Waals surface area contributed by atoms with Crippen LogP contribution in [0.25, 0.3) is 0 Å². The van der Waals surface area contributed by atoms with Crippen LogP contribution < -0.4 is 10.0 Å². The van der Waals surface area contributed by atoms with E-state index in [1.54, 1.807) is 16.9 Å². The summed E-state index contributed by atoms with van der Waals surface area (Å²) >= 11 is 0. The van der Waals surface area contributed by atoms with Crippen molar-refractivity contribution in [2.45, 2.75) is 17.4 Å².